The summed E-state index contributed by atoms with van der Waals surface area (Å²) in [6, 6.07) is 2.87. The number of alkyl halides is 6. The quantitative estimate of drug-likeness (QED) is 0.798. The average Bonchev–Trinajstić information content (AvgIpc) is 2.88. The van der Waals surface area contributed by atoms with Crippen molar-refractivity contribution in [3.05, 3.63) is 42.0 Å². The van der Waals surface area contributed by atoms with Crippen molar-refractivity contribution in [2.24, 2.45) is 0 Å². The van der Waals surface area contributed by atoms with Crippen molar-refractivity contribution in [2.75, 3.05) is 11.9 Å². The van der Waals surface area contributed by atoms with Crippen molar-refractivity contribution in [3.8, 4) is 0 Å². The zero-order valence-corrected chi connectivity index (χ0v) is 12.1. The Labute approximate surface area is 131 Å². The van der Waals surface area contributed by atoms with Gasteiger partial charge >= 0.3 is 12.4 Å². The first kappa shape index (κ1) is 17.8. The minimum absolute atomic E-state index is 0.180. The van der Waals surface area contributed by atoms with Crippen LogP contribution in [0.3, 0.4) is 0 Å². The van der Waals surface area contributed by atoms with Crippen LogP contribution in [0.1, 0.15) is 16.1 Å². The molecule has 2 rings (SSSR count). The third-order valence-electron chi connectivity index (χ3n) is 3.01. The Morgan fingerprint density at radius 2 is 1.88 bits per heavy atom. The lowest BCUT2D eigenvalue weighted by Gasteiger charge is -2.18. The summed E-state index contributed by atoms with van der Waals surface area (Å²) < 4.78 is 76.4. The molecule has 0 aromatic carbocycles. The minimum Gasteiger partial charge on any atom is -0.310 e. The van der Waals surface area contributed by atoms with Crippen LogP contribution in [0.15, 0.2) is 30.7 Å². The van der Waals surface area contributed by atoms with Gasteiger partial charge in [0.05, 0.1) is 23.6 Å². The molecule has 2 heterocycles. The Hall–Kier alpha value is -2.59. The van der Waals surface area contributed by atoms with Gasteiger partial charge in [-0.05, 0) is 12.1 Å². The van der Waals surface area contributed by atoms with Crippen LogP contribution in [-0.2, 0) is 12.7 Å². The van der Waals surface area contributed by atoms with Crippen LogP contribution in [0.5, 0.6) is 0 Å². The maximum absolute atomic E-state index is 13.1. The molecule has 0 spiro atoms. The van der Waals surface area contributed by atoms with Crippen molar-refractivity contribution < 1.29 is 31.1 Å². The molecule has 0 bridgehead atoms. The summed E-state index contributed by atoms with van der Waals surface area (Å²) in [6.07, 6.45) is -7.00. The molecular formula is C13H10F6N4O. The molecule has 0 aliphatic heterocycles. The number of halogens is 6. The average molecular weight is 352 g/mol. The first-order chi connectivity index (χ1) is 11.0. The summed E-state index contributed by atoms with van der Waals surface area (Å²) in [5, 5.41) is 3.08. The highest BCUT2D eigenvalue weighted by Crippen LogP contribution is 2.34. The highest BCUT2D eigenvalue weighted by atomic mass is 19.4. The number of anilines is 1. The molecule has 2 aromatic heterocycles. The van der Waals surface area contributed by atoms with Crippen LogP contribution in [0, 0.1) is 0 Å². The van der Waals surface area contributed by atoms with Crippen LogP contribution in [-0.4, -0.2) is 33.9 Å². The van der Waals surface area contributed by atoms with E-state index in [0.29, 0.717) is 6.20 Å². The third kappa shape index (κ3) is 3.84. The van der Waals surface area contributed by atoms with E-state index < -0.39 is 36.1 Å². The Bertz CT molecular complexity index is 722. The summed E-state index contributed by atoms with van der Waals surface area (Å²) in [7, 11) is 1.18. The van der Waals surface area contributed by atoms with Gasteiger partial charge in [-0.2, -0.15) is 31.4 Å². The molecule has 0 atom stereocenters. The number of pyridine rings is 1. The summed E-state index contributed by atoms with van der Waals surface area (Å²) in [6.45, 7) is -1.95. The van der Waals surface area contributed by atoms with Gasteiger partial charge in [-0.15, -0.1) is 0 Å². The van der Waals surface area contributed by atoms with E-state index >= 15 is 0 Å². The first-order valence-electron chi connectivity index (χ1n) is 6.38. The molecule has 0 aliphatic carbocycles. The molecule has 2 aromatic rings. The van der Waals surface area contributed by atoms with Gasteiger partial charge in [-0.25, -0.2) is 0 Å². The zero-order chi connectivity index (χ0) is 18.1. The van der Waals surface area contributed by atoms with Crippen molar-refractivity contribution in [1.29, 1.82) is 0 Å². The van der Waals surface area contributed by atoms with Gasteiger partial charge in [-0.1, -0.05) is 0 Å². The predicted octanol–water partition coefficient (Wildman–Crippen LogP) is 3.14. The lowest BCUT2D eigenvalue weighted by Crippen LogP contribution is -2.30. The smallest absolute Gasteiger partial charge is 0.310 e. The largest absolute Gasteiger partial charge is 0.433 e. The van der Waals surface area contributed by atoms with E-state index in [4.69, 9.17) is 0 Å². The highest BCUT2D eigenvalue weighted by Gasteiger charge is 2.43. The fraction of sp³-hybridized carbons (Fsp3) is 0.308. The molecule has 0 saturated carbocycles. The summed E-state index contributed by atoms with van der Waals surface area (Å²) in [5.41, 5.74) is -2.54. The summed E-state index contributed by atoms with van der Waals surface area (Å²) >= 11 is 0. The number of carbonyl (C=O) groups excluding carboxylic acids is 1. The fourth-order valence-electron chi connectivity index (χ4n) is 1.98. The van der Waals surface area contributed by atoms with E-state index in [1.165, 1.54) is 31.6 Å². The van der Waals surface area contributed by atoms with Crippen molar-refractivity contribution in [1.82, 2.24) is 14.8 Å². The number of nitrogens with zero attached hydrogens (tertiary/aromatic N) is 4. The molecule has 0 fully saturated rings. The van der Waals surface area contributed by atoms with Gasteiger partial charge < -0.3 is 4.90 Å². The molecular weight excluding hydrogens is 342 g/mol. The third-order valence-corrected chi connectivity index (χ3v) is 3.01. The number of aromatic nitrogens is 3. The molecule has 0 aliphatic rings. The Kier molecular flexibility index (Phi) is 4.54. The lowest BCUT2D eigenvalue weighted by molar-refractivity contribution is -0.161. The van der Waals surface area contributed by atoms with Crippen LogP contribution in [0.4, 0.5) is 32.0 Å². The SMILES string of the molecule is CN(C(=O)c1cnn(CC(F)(F)F)c1C(F)(F)F)c1cccnc1. The molecule has 0 saturated heterocycles. The standard InChI is InChI=1S/C13H10F6N4O/c1-22(8-3-2-4-20-5-8)11(24)9-6-21-23(7-12(14,15)16)10(9)13(17,18)19/h2-6H,7H2,1H3. The van der Waals surface area contributed by atoms with Gasteiger partial charge in [0.25, 0.3) is 5.91 Å². The number of hydrogen-bond donors (Lipinski definition) is 0. The number of carbonyl (C=O) groups is 1. The van der Waals surface area contributed by atoms with E-state index in [1.807, 2.05) is 0 Å². The lowest BCUT2D eigenvalue weighted by atomic mass is 10.2. The molecule has 130 valence electrons. The maximum Gasteiger partial charge on any atom is 0.433 e. The number of amides is 1. The van der Waals surface area contributed by atoms with E-state index in [2.05, 4.69) is 10.1 Å². The van der Waals surface area contributed by atoms with E-state index in [0.717, 1.165) is 4.90 Å². The van der Waals surface area contributed by atoms with Crippen molar-refractivity contribution in [2.45, 2.75) is 18.9 Å². The van der Waals surface area contributed by atoms with Crippen LogP contribution >= 0.6 is 0 Å². The maximum atomic E-state index is 13.1. The van der Waals surface area contributed by atoms with Gasteiger partial charge in [-0.3, -0.25) is 14.5 Å². The number of hydrogen-bond acceptors (Lipinski definition) is 3. The van der Waals surface area contributed by atoms with E-state index in [9.17, 15) is 31.1 Å². The highest BCUT2D eigenvalue weighted by molar-refractivity contribution is 6.06. The number of rotatable bonds is 3. The van der Waals surface area contributed by atoms with Gasteiger partial charge in [0.15, 0.2) is 5.69 Å². The van der Waals surface area contributed by atoms with Crippen LogP contribution in [0.2, 0.25) is 0 Å². The second-order valence-electron chi connectivity index (χ2n) is 4.75. The first-order valence-corrected chi connectivity index (χ1v) is 6.38. The molecule has 0 radical (unpaired) electrons. The normalized spacial score (nSPS) is 12.3. The van der Waals surface area contributed by atoms with Gasteiger partial charge in [0.1, 0.15) is 6.54 Å². The van der Waals surface area contributed by atoms with E-state index in [1.54, 1.807) is 0 Å². The zero-order valence-electron chi connectivity index (χ0n) is 12.1. The summed E-state index contributed by atoms with van der Waals surface area (Å²) in [4.78, 5) is 16.8. The fourth-order valence-corrected chi connectivity index (χ4v) is 1.98. The predicted molar refractivity (Wildman–Crippen MR) is 70.3 cm³/mol. The molecule has 5 nitrogen and oxygen atoms in total. The topological polar surface area (TPSA) is 51.0 Å². The summed E-state index contributed by atoms with van der Waals surface area (Å²) in [5.74, 6) is -1.15. The van der Waals surface area contributed by atoms with E-state index in [-0.39, 0.29) is 10.4 Å². The van der Waals surface area contributed by atoms with Crippen molar-refractivity contribution in [3.63, 3.8) is 0 Å². The second-order valence-corrected chi connectivity index (χ2v) is 4.75. The molecule has 24 heavy (non-hydrogen) atoms. The van der Waals surface area contributed by atoms with Gasteiger partial charge in [0.2, 0.25) is 0 Å². The monoisotopic (exact) mass is 352 g/mol. The van der Waals surface area contributed by atoms with Crippen LogP contribution in [0.25, 0.3) is 0 Å². The molecule has 0 unspecified atom stereocenters. The molecule has 11 heteroatoms. The Morgan fingerprint density at radius 1 is 1.21 bits per heavy atom. The molecule has 1 amide bonds. The second kappa shape index (κ2) is 6.13. The Balaban J connectivity index is 2.45. The minimum atomic E-state index is -5.18. The van der Waals surface area contributed by atoms with Crippen LogP contribution < -0.4 is 4.90 Å². The Morgan fingerprint density at radius 3 is 2.38 bits per heavy atom. The van der Waals surface area contributed by atoms with Crippen molar-refractivity contribution >= 4 is 11.6 Å². The molecule has 0 N–H and O–H groups in total. The van der Waals surface area contributed by atoms with Gasteiger partial charge in [0, 0.05) is 13.2 Å².